The van der Waals surface area contributed by atoms with Crippen molar-refractivity contribution >= 4 is 23.3 Å². The molecular weight excluding hydrogens is 393 g/mol. The van der Waals surface area contributed by atoms with Crippen molar-refractivity contribution < 1.29 is 9.18 Å². The van der Waals surface area contributed by atoms with Gasteiger partial charge in [0.1, 0.15) is 22.9 Å². The standard InChI is InChI=1S/C21H17ClFN5O/c22-19-6-3-15(11-26-19)12-27-20-18(9-16(10-24)13-28-20)21(29)25-8-7-14-1-4-17(23)5-2-14/h1-6,9,11,13H,7-8,12H2,(H,25,29)(H,27,28). The topological polar surface area (TPSA) is 90.7 Å². The molecule has 3 rings (SSSR count). The molecule has 0 spiro atoms. The predicted octanol–water partition coefficient (Wildman–Crippen LogP) is 3.73. The van der Waals surface area contributed by atoms with E-state index in [0.29, 0.717) is 30.5 Å². The molecule has 8 heteroatoms. The molecule has 0 radical (unpaired) electrons. The van der Waals surface area contributed by atoms with Crippen LogP contribution in [0.15, 0.2) is 54.9 Å². The molecule has 6 nitrogen and oxygen atoms in total. The summed E-state index contributed by atoms with van der Waals surface area (Å²) in [6.45, 7) is 0.751. The van der Waals surface area contributed by atoms with Crippen LogP contribution < -0.4 is 10.6 Å². The van der Waals surface area contributed by atoms with E-state index in [0.717, 1.165) is 11.1 Å². The van der Waals surface area contributed by atoms with Crippen molar-refractivity contribution in [2.24, 2.45) is 0 Å². The molecule has 0 atom stereocenters. The Kier molecular flexibility index (Phi) is 6.72. The van der Waals surface area contributed by atoms with Crippen molar-refractivity contribution in [2.45, 2.75) is 13.0 Å². The van der Waals surface area contributed by atoms with Gasteiger partial charge in [-0.2, -0.15) is 5.26 Å². The van der Waals surface area contributed by atoms with Gasteiger partial charge in [-0.25, -0.2) is 14.4 Å². The zero-order chi connectivity index (χ0) is 20.6. The highest BCUT2D eigenvalue weighted by atomic mass is 35.5. The maximum absolute atomic E-state index is 13.0. The number of nitrogens with zero attached hydrogens (tertiary/aromatic N) is 3. The molecule has 3 aromatic rings. The number of pyridine rings is 2. The van der Waals surface area contributed by atoms with Crippen molar-refractivity contribution in [1.29, 1.82) is 5.26 Å². The number of anilines is 1. The van der Waals surface area contributed by atoms with Gasteiger partial charge in [0.2, 0.25) is 0 Å². The Labute approximate surface area is 172 Å². The third-order valence-electron chi connectivity index (χ3n) is 4.12. The Morgan fingerprint density at radius 1 is 1.10 bits per heavy atom. The van der Waals surface area contributed by atoms with E-state index in [1.807, 2.05) is 12.1 Å². The summed E-state index contributed by atoms with van der Waals surface area (Å²) in [7, 11) is 0. The molecule has 146 valence electrons. The molecular formula is C21H17ClFN5O. The highest BCUT2D eigenvalue weighted by molar-refractivity contribution is 6.29. The highest BCUT2D eigenvalue weighted by Gasteiger charge is 2.14. The summed E-state index contributed by atoms with van der Waals surface area (Å²) in [6.07, 6.45) is 3.58. The molecule has 1 amide bonds. The Bertz CT molecular complexity index is 1030. The molecule has 0 unspecified atom stereocenters. The number of hydrogen-bond acceptors (Lipinski definition) is 5. The summed E-state index contributed by atoms with van der Waals surface area (Å²) in [5, 5.41) is 15.4. The first-order valence-corrected chi connectivity index (χ1v) is 9.20. The molecule has 1 aromatic carbocycles. The number of benzene rings is 1. The molecule has 2 heterocycles. The summed E-state index contributed by atoms with van der Waals surface area (Å²) >= 11 is 5.78. The quantitative estimate of drug-likeness (QED) is 0.580. The summed E-state index contributed by atoms with van der Waals surface area (Å²) in [5.41, 5.74) is 2.32. The van der Waals surface area contributed by atoms with Crippen molar-refractivity contribution in [3.63, 3.8) is 0 Å². The summed E-state index contributed by atoms with van der Waals surface area (Å²) in [6, 6.07) is 13.1. The average molecular weight is 410 g/mol. The van der Waals surface area contributed by atoms with Crippen molar-refractivity contribution in [1.82, 2.24) is 15.3 Å². The molecule has 0 aliphatic rings. The van der Waals surface area contributed by atoms with Crippen LogP contribution in [-0.2, 0) is 13.0 Å². The van der Waals surface area contributed by atoms with Gasteiger partial charge in [-0.3, -0.25) is 4.79 Å². The number of nitriles is 1. The molecule has 29 heavy (non-hydrogen) atoms. The van der Waals surface area contributed by atoms with Crippen LogP contribution in [0.5, 0.6) is 0 Å². The van der Waals surface area contributed by atoms with E-state index in [1.54, 1.807) is 24.4 Å². The van der Waals surface area contributed by atoms with Crippen molar-refractivity contribution in [3.05, 3.63) is 88.1 Å². The zero-order valence-electron chi connectivity index (χ0n) is 15.3. The lowest BCUT2D eigenvalue weighted by Crippen LogP contribution is -2.27. The Morgan fingerprint density at radius 3 is 2.55 bits per heavy atom. The van der Waals surface area contributed by atoms with E-state index in [2.05, 4.69) is 20.6 Å². The Balaban J connectivity index is 1.67. The SMILES string of the molecule is N#Cc1cnc(NCc2ccc(Cl)nc2)c(C(=O)NCCc2ccc(F)cc2)c1. The first kappa shape index (κ1) is 20.2. The lowest BCUT2D eigenvalue weighted by Gasteiger charge is -2.12. The first-order chi connectivity index (χ1) is 14.0. The van der Waals surface area contributed by atoms with Crippen LogP contribution in [0.4, 0.5) is 10.2 Å². The minimum absolute atomic E-state index is 0.269. The van der Waals surface area contributed by atoms with E-state index in [9.17, 15) is 9.18 Å². The fourth-order valence-corrected chi connectivity index (χ4v) is 2.72. The van der Waals surface area contributed by atoms with Crippen LogP contribution in [0.3, 0.4) is 0 Å². The van der Waals surface area contributed by atoms with Gasteiger partial charge in [0, 0.05) is 25.5 Å². The van der Waals surface area contributed by atoms with Crippen molar-refractivity contribution in [3.8, 4) is 6.07 Å². The van der Waals surface area contributed by atoms with Gasteiger partial charge in [0.15, 0.2) is 0 Å². The highest BCUT2D eigenvalue weighted by Crippen LogP contribution is 2.16. The van der Waals surface area contributed by atoms with E-state index in [-0.39, 0.29) is 22.9 Å². The first-order valence-electron chi connectivity index (χ1n) is 8.82. The van der Waals surface area contributed by atoms with E-state index in [1.165, 1.54) is 24.4 Å². The van der Waals surface area contributed by atoms with Gasteiger partial charge in [-0.15, -0.1) is 0 Å². The summed E-state index contributed by atoms with van der Waals surface area (Å²) < 4.78 is 13.0. The number of halogens is 2. The largest absolute Gasteiger partial charge is 0.365 e. The molecule has 0 bridgehead atoms. The van der Waals surface area contributed by atoms with Crippen LogP contribution in [0, 0.1) is 17.1 Å². The van der Waals surface area contributed by atoms with Gasteiger partial charge >= 0.3 is 0 Å². The number of carbonyl (C=O) groups excluding carboxylic acids is 1. The fraction of sp³-hybridized carbons (Fsp3) is 0.143. The molecule has 0 saturated heterocycles. The Hall–Kier alpha value is -3.50. The van der Waals surface area contributed by atoms with Crippen LogP contribution in [0.1, 0.15) is 27.0 Å². The second kappa shape index (κ2) is 9.62. The zero-order valence-corrected chi connectivity index (χ0v) is 16.1. The molecule has 0 fully saturated rings. The molecule has 2 N–H and O–H groups in total. The van der Waals surface area contributed by atoms with Crippen LogP contribution in [-0.4, -0.2) is 22.4 Å². The van der Waals surface area contributed by atoms with Gasteiger partial charge in [-0.1, -0.05) is 29.8 Å². The molecule has 2 aromatic heterocycles. The fourth-order valence-electron chi connectivity index (χ4n) is 2.60. The van der Waals surface area contributed by atoms with Gasteiger partial charge in [0.05, 0.1) is 11.1 Å². The second-order valence-electron chi connectivity index (χ2n) is 6.21. The van der Waals surface area contributed by atoms with Crippen LogP contribution >= 0.6 is 11.6 Å². The maximum atomic E-state index is 13.0. The normalized spacial score (nSPS) is 10.2. The number of hydrogen-bond donors (Lipinski definition) is 2. The van der Waals surface area contributed by atoms with E-state index in [4.69, 9.17) is 16.9 Å². The third kappa shape index (κ3) is 5.74. The van der Waals surface area contributed by atoms with Gasteiger partial charge < -0.3 is 10.6 Å². The van der Waals surface area contributed by atoms with Gasteiger partial charge in [-0.05, 0) is 41.8 Å². The number of nitrogens with one attached hydrogen (secondary N) is 2. The monoisotopic (exact) mass is 409 g/mol. The minimum atomic E-state index is -0.353. The lowest BCUT2D eigenvalue weighted by molar-refractivity contribution is 0.0954. The van der Waals surface area contributed by atoms with E-state index >= 15 is 0 Å². The smallest absolute Gasteiger partial charge is 0.255 e. The number of carbonyl (C=O) groups is 1. The lowest BCUT2D eigenvalue weighted by atomic mass is 10.1. The summed E-state index contributed by atoms with van der Waals surface area (Å²) in [5.74, 6) is -0.296. The predicted molar refractivity (Wildman–Crippen MR) is 108 cm³/mol. The minimum Gasteiger partial charge on any atom is -0.365 e. The van der Waals surface area contributed by atoms with Crippen LogP contribution in [0.2, 0.25) is 5.15 Å². The molecule has 0 saturated carbocycles. The Morgan fingerprint density at radius 2 is 1.86 bits per heavy atom. The molecule has 0 aliphatic carbocycles. The third-order valence-corrected chi connectivity index (χ3v) is 4.35. The van der Waals surface area contributed by atoms with E-state index < -0.39 is 0 Å². The average Bonchev–Trinajstić information content (AvgIpc) is 2.74. The van der Waals surface area contributed by atoms with Crippen LogP contribution in [0.25, 0.3) is 0 Å². The van der Waals surface area contributed by atoms with Gasteiger partial charge in [0.25, 0.3) is 5.91 Å². The molecule has 0 aliphatic heterocycles. The van der Waals surface area contributed by atoms with Crippen molar-refractivity contribution in [2.75, 3.05) is 11.9 Å². The second-order valence-corrected chi connectivity index (χ2v) is 6.59. The number of amides is 1. The maximum Gasteiger partial charge on any atom is 0.255 e. The summed E-state index contributed by atoms with van der Waals surface area (Å²) in [4.78, 5) is 20.9. The number of rotatable bonds is 7. The number of aromatic nitrogens is 2.